The fraction of sp³-hybridized carbons (Fsp3) is 0.615. The lowest BCUT2D eigenvalue weighted by Crippen LogP contribution is -2.17. The van der Waals surface area contributed by atoms with Crippen LogP contribution >= 0.6 is 0 Å². The smallest absolute Gasteiger partial charge is 0.406 e. The SMILES string of the molecule is C/C=C/CCCC(CCC)CCCC1CC=C(c2ccc(OC(F)(F)F)cc2)CC1. The van der Waals surface area contributed by atoms with Gasteiger partial charge in [-0.05, 0) is 74.1 Å². The molecule has 30 heavy (non-hydrogen) atoms. The molecule has 1 nitrogen and oxygen atoms in total. The van der Waals surface area contributed by atoms with Crippen molar-refractivity contribution < 1.29 is 17.9 Å². The minimum atomic E-state index is -4.64. The van der Waals surface area contributed by atoms with Gasteiger partial charge in [0.1, 0.15) is 5.75 Å². The molecule has 0 bridgehead atoms. The van der Waals surface area contributed by atoms with E-state index in [0.29, 0.717) is 0 Å². The molecular formula is C26H37F3O. The van der Waals surface area contributed by atoms with Gasteiger partial charge in [0.05, 0.1) is 0 Å². The van der Waals surface area contributed by atoms with Crippen molar-refractivity contribution in [1.29, 1.82) is 0 Å². The van der Waals surface area contributed by atoms with Gasteiger partial charge in [-0.1, -0.05) is 75.8 Å². The third-order valence-corrected chi connectivity index (χ3v) is 6.12. The first-order valence-electron chi connectivity index (χ1n) is 11.6. The molecule has 0 amide bonds. The maximum Gasteiger partial charge on any atom is 0.573 e. The quantitative estimate of drug-likeness (QED) is 0.241. The fourth-order valence-electron chi connectivity index (χ4n) is 4.51. The van der Waals surface area contributed by atoms with Crippen LogP contribution < -0.4 is 4.74 Å². The predicted octanol–water partition coefficient (Wildman–Crippen LogP) is 9.10. The molecule has 1 aromatic rings. The molecule has 1 aliphatic carbocycles. The molecule has 0 radical (unpaired) electrons. The number of hydrogen-bond acceptors (Lipinski definition) is 1. The normalized spacial score (nSPS) is 18.4. The average molecular weight is 423 g/mol. The van der Waals surface area contributed by atoms with Crippen molar-refractivity contribution in [1.82, 2.24) is 0 Å². The number of hydrogen-bond donors (Lipinski definition) is 0. The number of ether oxygens (including phenoxy) is 1. The second-order valence-electron chi connectivity index (χ2n) is 8.53. The van der Waals surface area contributed by atoms with Gasteiger partial charge in [-0.2, -0.15) is 0 Å². The zero-order valence-electron chi connectivity index (χ0n) is 18.5. The third-order valence-electron chi connectivity index (χ3n) is 6.12. The molecule has 4 heteroatoms. The molecular weight excluding hydrogens is 385 g/mol. The molecule has 0 saturated carbocycles. The second-order valence-corrected chi connectivity index (χ2v) is 8.53. The van der Waals surface area contributed by atoms with E-state index in [4.69, 9.17) is 0 Å². The Morgan fingerprint density at radius 3 is 2.43 bits per heavy atom. The summed E-state index contributed by atoms with van der Waals surface area (Å²) in [5.41, 5.74) is 2.25. The number of alkyl halides is 3. The van der Waals surface area contributed by atoms with Crippen LogP contribution in [0.5, 0.6) is 5.75 Å². The zero-order valence-corrected chi connectivity index (χ0v) is 18.5. The van der Waals surface area contributed by atoms with Crippen LogP contribution in [0, 0.1) is 11.8 Å². The Morgan fingerprint density at radius 2 is 1.83 bits per heavy atom. The Labute approximate surface area is 180 Å². The molecule has 2 unspecified atom stereocenters. The molecule has 0 aliphatic heterocycles. The highest BCUT2D eigenvalue weighted by atomic mass is 19.4. The highest BCUT2D eigenvalue weighted by Crippen LogP contribution is 2.34. The number of unbranched alkanes of at least 4 members (excludes halogenated alkanes) is 1. The number of rotatable bonds is 12. The van der Waals surface area contributed by atoms with Gasteiger partial charge in [0.25, 0.3) is 0 Å². The first kappa shape index (κ1) is 24.6. The molecule has 0 aromatic heterocycles. The van der Waals surface area contributed by atoms with Crippen molar-refractivity contribution in [3.63, 3.8) is 0 Å². The van der Waals surface area contributed by atoms with Gasteiger partial charge >= 0.3 is 6.36 Å². The monoisotopic (exact) mass is 422 g/mol. The lowest BCUT2D eigenvalue weighted by atomic mass is 9.82. The molecule has 0 heterocycles. The molecule has 2 atom stereocenters. The molecule has 0 spiro atoms. The van der Waals surface area contributed by atoms with Crippen LogP contribution in [0.3, 0.4) is 0 Å². The summed E-state index contributed by atoms with van der Waals surface area (Å²) in [6.07, 6.45) is 15.7. The summed E-state index contributed by atoms with van der Waals surface area (Å²) in [4.78, 5) is 0. The van der Waals surface area contributed by atoms with Crippen LogP contribution in [0.2, 0.25) is 0 Å². The van der Waals surface area contributed by atoms with Crippen LogP contribution in [0.25, 0.3) is 5.57 Å². The van der Waals surface area contributed by atoms with Crippen LogP contribution in [-0.4, -0.2) is 6.36 Å². The molecule has 0 saturated heterocycles. The first-order valence-corrected chi connectivity index (χ1v) is 11.6. The minimum absolute atomic E-state index is 0.159. The van der Waals surface area contributed by atoms with Gasteiger partial charge in [-0.15, -0.1) is 13.2 Å². The van der Waals surface area contributed by atoms with E-state index in [2.05, 4.69) is 36.8 Å². The van der Waals surface area contributed by atoms with E-state index in [1.807, 2.05) is 0 Å². The Kier molecular flexibility index (Phi) is 10.5. The molecule has 168 valence electrons. The summed E-state index contributed by atoms with van der Waals surface area (Å²) in [6.45, 7) is 4.37. The Balaban J connectivity index is 1.74. The van der Waals surface area contributed by atoms with Gasteiger partial charge in [-0.25, -0.2) is 0 Å². The Bertz CT molecular complexity index is 658. The summed E-state index contributed by atoms with van der Waals surface area (Å²) >= 11 is 0. The zero-order chi connectivity index (χ0) is 21.8. The predicted molar refractivity (Wildman–Crippen MR) is 119 cm³/mol. The van der Waals surface area contributed by atoms with Crippen molar-refractivity contribution in [2.24, 2.45) is 11.8 Å². The lowest BCUT2D eigenvalue weighted by Gasteiger charge is -2.23. The molecule has 2 rings (SSSR count). The van der Waals surface area contributed by atoms with Gasteiger partial charge < -0.3 is 4.74 Å². The van der Waals surface area contributed by atoms with E-state index in [1.54, 1.807) is 12.1 Å². The maximum atomic E-state index is 12.3. The number of benzene rings is 1. The van der Waals surface area contributed by atoms with E-state index in [9.17, 15) is 13.2 Å². The van der Waals surface area contributed by atoms with E-state index >= 15 is 0 Å². The van der Waals surface area contributed by atoms with Gasteiger partial charge in [0.15, 0.2) is 0 Å². The standard InChI is InChI=1S/C26H37F3O/c1-3-5-6-7-10-21(9-4-2)11-8-12-22-13-15-23(16-14-22)24-17-19-25(20-18-24)30-26(27,28)29/h3,5,15,17-22H,4,6-14,16H2,1-2H3/b5-3+. The highest BCUT2D eigenvalue weighted by molar-refractivity contribution is 5.66. The van der Waals surface area contributed by atoms with Gasteiger partial charge in [0.2, 0.25) is 0 Å². The number of allylic oxidation sites excluding steroid dienone is 4. The average Bonchev–Trinajstić information content (AvgIpc) is 2.71. The Hall–Kier alpha value is -1.71. The maximum absolute atomic E-state index is 12.3. The van der Waals surface area contributed by atoms with Crippen LogP contribution in [-0.2, 0) is 0 Å². The summed E-state index contributed by atoms with van der Waals surface area (Å²) < 4.78 is 40.8. The van der Waals surface area contributed by atoms with Crippen molar-refractivity contribution in [2.45, 2.75) is 90.8 Å². The largest absolute Gasteiger partial charge is 0.573 e. The molecule has 1 aromatic carbocycles. The van der Waals surface area contributed by atoms with Crippen molar-refractivity contribution >= 4 is 5.57 Å². The number of halogens is 3. The van der Waals surface area contributed by atoms with Crippen molar-refractivity contribution in [3.8, 4) is 5.75 Å². The van der Waals surface area contributed by atoms with E-state index in [-0.39, 0.29) is 5.75 Å². The van der Waals surface area contributed by atoms with Crippen LogP contribution in [0.15, 0.2) is 42.5 Å². The highest BCUT2D eigenvalue weighted by Gasteiger charge is 2.31. The molecule has 1 aliphatic rings. The summed E-state index contributed by atoms with van der Waals surface area (Å²) in [6, 6.07) is 6.27. The van der Waals surface area contributed by atoms with Crippen LogP contribution in [0.1, 0.15) is 90.0 Å². The lowest BCUT2D eigenvalue weighted by molar-refractivity contribution is -0.274. The molecule has 0 fully saturated rings. The van der Waals surface area contributed by atoms with Gasteiger partial charge in [-0.3, -0.25) is 0 Å². The van der Waals surface area contributed by atoms with Gasteiger partial charge in [0, 0.05) is 0 Å². The van der Waals surface area contributed by atoms with E-state index < -0.39 is 6.36 Å². The fourth-order valence-corrected chi connectivity index (χ4v) is 4.51. The summed E-state index contributed by atoms with van der Waals surface area (Å²) in [5, 5.41) is 0. The van der Waals surface area contributed by atoms with Crippen LogP contribution in [0.4, 0.5) is 13.2 Å². The first-order chi connectivity index (χ1) is 14.4. The Morgan fingerprint density at radius 1 is 1.10 bits per heavy atom. The third kappa shape index (κ3) is 9.40. The summed E-state index contributed by atoms with van der Waals surface area (Å²) in [7, 11) is 0. The van der Waals surface area contributed by atoms with E-state index in [1.165, 1.54) is 75.5 Å². The van der Waals surface area contributed by atoms with Crippen molar-refractivity contribution in [3.05, 3.63) is 48.1 Å². The molecule has 0 N–H and O–H groups in total. The second kappa shape index (κ2) is 12.9. The topological polar surface area (TPSA) is 9.23 Å². The van der Waals surface area contributed by atoms with Crippen molar-refractivity contribution in [2.75, 3.05) is 0 Å². The minimum Gasteiger partial charge on any atom is -0.406 e. The van der Waals surface area contributed by atoms with E-state index in [0.717, 1.165) is 30.2 Å². The summed E-state index contributed by atoms with van der Waals surface area (Å²) in [5.74, 6) is 1.45.